The summed E-state index contributed by atoms with van der Waals surface area (Å²) < 4.78 is 0. The Labute approximate surface area is 89.9 Å². The minimum absolute atomic E-state index is 0.673. The van der Waals surface area contributed by atoms with E-state index in [2.05, 4.69) is 23.7 Å². The van der Waals surface area contributed by atoms with Crippen molar-refractivity contribution >= 4 is 16.5 Å². The first-order chi connectivity index (χ1) is 6.76. The van der Waals surface area contributed by atoms with E-state index in [1.807, 2.05) is 6.20 Å². The number of aromatic nitrogens is 1. The van der Waals surface area contributed by atoms with Gasteiger partial charge in [0.1, 0.15) is 0 Å². The molecule has 1 rings (SSSR count). The van der Waals surface area contributed by atoms with Gasteiger partial charge in [0, 0.05) is 17.6 Å². The Hall–Kier alpha value is -0.610. The molecule has 80 valence electrons. The van der Waals surface area contributed by atoms with Gasteiger partial charge in [-0.05, 0) is 19.5 Å². The molecule has 0 saturated heterocycles. The summed E-state index contributed by atoms with van der Waals surface area (Å²) in [5.74, 6) is 0. The van der Waals surface area contributed by atoms with Crippen molar-refractivity contribution in [1.29, 1.82) is 0 Å². The van der Waals surface area contributed by atoms with Crippen LogP contribution >= 0.6 is 11.3 Å². The highest BCUT2D eigenvalue weighted by atomic mass is 32.1. The van der Waals surface area contributed by atoms with Gasteiger partial charge in [-0.15, -0.1) is 11.3 Å². The van der Waals surface area contributed by atoms with Gasteiger partial charge >= 0.3 is 0 Å². The number of nitrogen functional groups attached to an aromatic ring is 1. The molecule has 2 N–H and O–H groups in total. The summed E-state index contributed by atoms with van der Waals surface area (Å²) in [7, 11) is 0. The lowest BCUT2D eigenvalue weighted by molar-refractivity contribution is 0.277. The lowest BCUT2D eigenvalue weighted by atomic mass is 10.3. The zero-order chi connectivity index (χ0) is 10.4. The normalized spacial score (nSPS) is 11.1. The van der Waals surface area contributed by atoms with Crippen molar-refractivity contribution < 1.29 is 0 Å². The van der Waals surface area contributed by atoms with Crippen LogP contribution in [0.3, 0.4) is 0 Å². The van der Waals surface area contributed by atoms with E-state index in [0.29, 0.717) is 5.13 Å². The molecule has 0 aliphatic heterocycles. The second-order valence-corrected chi connectivity index (χ2v) is 4.53. The number of anilines is 1. The molecule has 1 aromatic heterocycles. The quantitative estimate of drug-likeness (QED) is 0.788. The van der Waals surface area contributed by atoms with Crippen molar-refractivity contribution in [1.82, 2.24) is 9.88 Å². The Kier molecular flexibility index (Phi) is 4.90. The zero-order valence-electron chi connectivity index (χ0n) is 8.99. The molecular weight excluding hydrogens is 194 g/mol. The molecule has 0 aliphatic carbocycles. The first-order valence-corrected chi connectivity index (χ1v) is 6.00. The monoisotopic (exact) mass is 213 g/mol. The van der Waals surface area contributed by atoms with Crippen molar-refractivity contribution in [2.24, 2.45) is 0 Å². The third-order valence-corrected chi connectivity index (χ3v) is 3.04. The second-order valence-electron chi connectivity index (χ2n) is 3.39. The molecule has 0 fully saturated rings. The molecule has 0 unspecified atom stereocenters. The van der Waals surface area contributed by atoms with E-state index >= 15 is 0 Å². The molecule has 0 aliphatic rings. The van der Waals surface area contributed by atoms with Crippen molar-refractivity contribution in [3.8, 4) is 0 Å². The third-order valence-electron chi connectivity index (χ3n) is 2.23. The largest absolute Gasteiger partial charge is 0.375 e. The van der Waals surface area contributed by atoms with Gasteiger partial charge in [0.25, 0.3) is 0 Å². The van der Waals surface area contributed by atoms with E-state index in [1.54, 1.807) is 11.3 Å². The van der Waals surface area contributed by atoms with Crippen LogP contribution in [0.25, 0.3) is 0 Å². The van der Waals surface area contributed by atoms with Crippen LogP contribution in [0.2, 0.25) is 0 Å². The van der Waals surface area contributed by atoms with Gasteiger partial charge in [0.15, 0.2) is 5.13 Å². The third kappa shape index (κ3) is 3.64. The molecular formula is C10H19N3S. The maximum absolute atomic E-state index is 5.58. The number of hydrogen-bond donors (Lipinski definition) is 1. The topological polar surface area (TPSA) is 42.2 Å². The molecule has 0 bridgehead atoms. The molecule has 3 nitrogen and oxygen atoms in total. The molecule has 4 heteroatoms. The number of hydrogen-bond acceptors (Lipinski definition) is 4. The fraction of sp³-hybridized carbons (Fsp3) is 0.700. The summed E-state index contributed by atoms with van der Waals surface area (Å²) in [5.41, 5.74) is 5.58. The molecule has 0 spiro atoms. The lowest BCUT2D eigenvalue weighted by Crippen LogP contribution is -2.23. The Bertz CT molecular complexity index is 260. The SMILES string of the molecule is CCCCN(CC)Cc1cnc(N)s1. The highest BCUT2D eigenvalue weighted by Gasteiger charge is 2.05. The summed E-state index contributed by atoms with van der Waals surface area (Å²) in [6, 6.07) is 0. The van der Waals surface area contributed by atoms with Gasteiger partial charge in [0.2, 0.25) is 0 Å². The van der Waals surface area contributed by atoms with Crippen LogP contribution in [0.5, 0.6) is 0 Å². The number of nitrogens with two attached hydrogens (primary N) is 1. The average Bonchev–Trinajstić information content (AvgIpc) is 2.58. The van der Waals surface area contributed by atoms with Crippen LogP contribution in [-0.2, 0) is 6.54 Å². The van der Waals surface area contributed by atoms with Crippen molar-refractivity contribution in [2.45, 2.75) is 33.2 Å². The molecule has 14 heavy (non-hydrogen) atoms. The van der Waals surface area contributed by atoms with Crippen molar-refractivity contribution in [2.75, 3.05) is 18.8 Å². The van der Waals surface area contributed by atoms with E-state index in [9.17, 15) is 0 Å². The van der Waals surface area contributed by atoms with E-state index in [-0.39, 0.29) is 0 Å². The summed E-state index contributed by atoms with van der Waals surface area (Å²) in [5, 5.41) is 0.673. The van der Waals surface area contributed by atoms with Gasteiger partial charge in [-0.1, -0.05) is 20.3 Å². The number of nitrogens with zero attached hydrogens (tertiary/aromatic N) is 2. The maximum atomic E-state index is 5.58. The molecule has 0 aromatic carbocycles. The minimum Gasteiger partial charge on any atom is -0.375 e. The van der Waals surface area contributed by atoms with Gasteiger partial charge < -0.3 is 5.73 Å². The van der Waals surface area contributed by atoms with Gasteiger partial charge in [-0.3, -0.25) is 4.90 Å². The average molecular weight is 213 g/mol. The summed E-state index contributed by atoms with van der Waals surface area (Å²) in [6.07, 6.45) is 4.40. The van der Waals surface area contributed by atoms with Crippen LogP contribution in [0.4, 0.5) is 5.13 Å². The first kappa shape index (κ1) is 11.5. The van der Waals surface area contributed by atoms with E-state index in [1.165, 1.54) is 24.3 Å². The maximum Gasteiger partial charge on any atom is 0.180 e. The first-order valence-electron chi connectivity index (χ1n) is 5.18. The van der Waals surface area contributed by atoms with Crippen LogP contribution in [-0.4, -0.2) is 23.0 Å². The number of rotatable bonds is 6. The zero-order valence-corrected chi connectivity index (χ0v) is 9.81. The lowest BCUT2D eigenvalue weighted by Gasteiger charge is -2.18. The van der Waals surface area contributed by atoms with Crippen molar-refractivity contribution in [3.05, 3.63) is 11.1 Å². The molecule has 1 heterocycles. The van der Waals surface area contributed by atoms with E-state index < -0.39 is 0 Å². The van der Waals surface area contributed by atoms with Gasteiger partial charge in [0.05, 0.1) is 0 Å². The Balaban J connectivity index is 2.40. The Morgan fingerprint density at radius 1 is 1.50 bits per heavy atom. The van der Waals surface area contributed by atoms with Crippen LogP contribution in [0.15, 0.2) is 6.20 Å². The summed E-state index contributed by atoms with van der Waals surface area (Å²) >= 11 is 1.59. The highest BCUT2D eigenvalue weighted by molar-refractivity contribution is 7.15. The Morgan fingerprint density at radius 2 is 2.29 bits per heavy atom. The predicted molar refractivity (Wildman–Crippen MR) is 62.4 cm³/mol. The summed E-state index contributed by atoms with van der Waals surface area (Å²) in [4.78, 5) is 7.75. The smallest absolute Gasteiger partial charge is 0.180 e. The molecule has 0 radical (unpaired) electrons. The van der Waals surface area contributed by atoms with E-state index in [4.69, 9.17) is 5.73 Å². The molecule has 0 atom stereocenters. The molecule has 0 saturated carbocycles. The fourth-order valence-electron chi connectivity index (χ4n) is 1.35. The van der Waals surface area contributed by atoms with Gasteiger partial charge in [-0.25, -0.2) is 4.98 Å². The van der Waals surface area contributed by atoms with Crippen LogP contribution in [0.1, 0.15) is 31.6 Å². The second kappa shape index (κ2) is 5.98. The number of unbranched alkanes of at least 4 members (excludes halogenated alkanes) is 1. The summed E-state index contributed by atoms with van der Waals surface area (Å²) in [6.45, 7) is 7.67. The van der Waals surface area contributed by atoms with E-state index in [0.717, 1.165) is 13.1 Å². The van der Waals surface area contributed by atoms with Crippen molar-refractivity contribution in [3.63, 3.8) is 0 Å². The molecule has 1 aromatic rings. The molecule has 0 amide bonds. The predicted octanol–water partition coefficient (Wildman–Crippen LogP) is 2.35. The fourth-order valence-corrected chi connectivity index (χ4v) is 2.07. The Morgan fingerprint density at radius 3 is 2.79 bits per heavy atom. The minimum atomic E-state index is 0.673. The van der Waals surface area contributed by atoms with Crippen LogP contribution < -0.4 is 5.73 Å². The van der Waals surface area contributed by atoms with Gasteiger partial charge in [-0.2, -0.15) is 0 Å². The highest BCUT2D eigenvalue weighted by Crippen LogP contribution is 2.16. The number of thiazole rings is 1. The van der Waals surface area contributed by atoms with Crippen LogP contribution in [0, 0.1) is 0 Å². The standard InChI is InChI=1S/C10H19N3S/c1-3-5-6-13(4-2)8-9-7-12-10(11)14-9/h7H,3-6,8H2,1-2H3,(H2,11,12).